The average molecular weight is 442 g/mol. The van der Waals surface area contributed by atoms with Crippen molar-refractivity contribution in [1.82, 2.24) is 0 Å². The molecule has 0 aromatic rings. The van der Waals surface area contributed by atoms with Crippen molar-refractivity contribution in [2.24, 2.45) is 0 Å². The molecule has 25 heavy (non-hydrogen) atoms. The zero-order valence-electron chi connectivity index (χ0n) is 15.1. The van der Waals surface area contributed by atoms with Crippen LogP contribution in [0.1, 0.15) is 59.3 Å². The van der Waals surface area contributed by atoms with Crippen LogP contribution in [0.4, 0.5) is 0 Å². The van der Waals surface area contributed by atoms with Crippen LogP contribution in [0.2, 0.25) is 15.0 Å². The van der Waals surface area contributed by atoms with E-state index in [1.807, 2.05) is 0 Å². The van der Waals surface area contributed by atoms with E-state index in [4.69, 9.17) is 0 Å². The Bertz CT molecular complexity index is 462. The van der Waals surface area contributed by atoms with E-state index in [-0.39, 0.29) is 88.3 Å². The quantitative estimate of drug-likeness (QED) is 0.286. The maximum absolute atomic E-state index is 12.0. The first-order chi connectivity index (χ1) is 11.7. The van der Waals surface area contributed by atoms with E-state index in [0.717, 1.165) is 0 Å². The number of carbonyl (C=O) groups excluding carboxylic acids is 6. The molecule has 144 valence electrons. The molecule has 0 bridgehead atoms. The summed E-state index contributed by atoms with van der Waals surface area (Å²) in [6.45, 7) is 5.01. The normalized spacial score (nSPS) is 10.9. The third kappa shape index (κ3) is 11.8. The van der Waals surface area contributed by atoms with Gasteiger partial charge in [-0.3, -0.25) is 0 Å². The molecule has 0 aliphatic heterocycles. The molecule has 0 aliphatic rings. The summed E-state index contributed by atoms with van der Waals surface area (Å²) in [7, 11) is 0. The molecular formula is C18H27O6Rh. The van der Waals surface area contributed by atoms with Crippen LogP contribution in [0.5, 0.6) is 0 Å². The molecule has 7 heteroatoms. The summed E-state index contributed by atoms with van der Waals surface area (Å²) in [5, 5.41) is 0.193. The fourth-order valence-electron chi connectivity index (χ4n) is 1.84. The zero-order chi connectivity index (χ0) is 19.4. The van der Waals surface area contributed by atoms with Crippen molar-refractivity contribution in [3.05, 3.63) is 0 Å². The fraction of sp³-hybridized carbons (Fsp3) is 0.667. The molecule has 0 spiro atoms. The van der Waals surface area contributed by atoms with E-state index in [2.05, 4.69) is 0 Å². The molecule has 0 unspecified atom stereocenters. The molecule has 0 amide bonds. The molecule has 6 nitrogen and oxygen atoms in total. The van der Waals surface area contributed by atoms with Crippen LogP contribution in [-0.2, 0) is 44.7 Å². The predicted octanol–water partition coefficient (Wildman–Crippen LogP) is 2.67. The molecule has 0 saturated heterocycles. The van der Waals surface area contributed by atoms with Crippen molar-refractivity contribution < 1.29 is 44.7 Å². The summed E-state index contributed by atoms with van der Waals surface area (Å²) in [5.74, 6) is -1.29. The van der Waals surface area contributed by atoms with Crippen LogP contribution in [-0.4, -0.2) is 34.7 Å². The monoisotopic (exact) mass is 442 g/mol. The van der Waals surface area contributed by atoms with Gasteiger partial charge in [0, 0.05) is 0 Å². The Morgan fingerprint density at radius 3 is 0.920 bits per heavy atom. The first-order valence-corrected chi connectivity index (χ1v) is 11.8. The van der Waals surface area contributed by atoms with Crippen molar-refractivity contribution in [1.29, 1.82) is 0 Å². The van der Waals surface area contributed by atoms with E-state index in [0.29, 0.717) is 0 Å². The predicted molar refractivity (Wildman–Crippen MR) is 89.2 cm³/mol. The minimum atomic E-state index is -2.02. The van der Waals surface area contributed by atoms with E-state index in [9.17, 15) is 28.8 Å². The number of hydrogen-bond donors (Lipinski definition) is 0. The van der Waals surface area contributed by atoms with Crippen LogP contribution in [0, 0.1) is 0 Å². The van der Waals surface area contributed by atoms with Gasteiger partial charge in [-0.2, -0.15) is 0 Å². The van der Waals surface area contributed by atoms with Gasteiger partial charge in [-0.1, -0.05) is 0 Å². The van der Waals surface area contributed by atoms with Gasteiger partial charge < -0.3 is 0 Å². The number of ketones is 6. The van der Waals surface area contributed by atoms with Gasteiger partial charge in [0.25, 0.3) is 0 Å². The van der Waals surface area contributed by atoms with Crippen molar-refractivity contribution in [2.45, 2.75) is 74.3 Å². The van der Waals surface area contributed by atoms with Crippen LogP contribution in [0.3, 0.4) is 0 Å². The van der Waals surface area contributed by atoms with Crippen LogP contribution < -0.4 is 0 Å². The van der Waals surface area contributed by atoms with Gasteiger partial charge in [0.05, 0.1) is 0 Å². The Labute approximate surface area is 154 Å². The first kappa shape index (κ1) is 23.6. The number of Topliss-reactive ketones (excluding diaryl/α,β-unsaturated/α-hetero) is 6. The number of carbonyl (C=O) groups is 6. The SMILES string of the molecule is CCC(=O)CC(=O)[CH2][Rh]([CH2]C(=O)CC(=O)CC)[CH2]C(=O)CC(=O)CC. The summed E-state index contributed by atoms with van der Waals surface area (Å²) in [6, 6.07) is 0. The molecule has 0 aromatic carbocycles. The van der Waals surface area contributed by atoms with Gasteiger partial charge in [-0.15, -0.1) is 0 Å². The first-order valence-electron chi connectivity index (χ1n) is 8.30. The Balaban J connectivity index is 4.85. The molecule has 0 fully saturated rings. The van der Waals surface area contributed by atoms with Crippen LogP contribution in [0.15, 0.2) is 0 Å². The van der Waals surface area contributed by atoms with Crippen LogP contribution in [0.25, 0.3) is 0 Å². The summed E-state index contributed by atoms with van der Waals surface area (Å²) in [5.41, 5.74) is 0. The van der Waals surface area contributed by atoms with Gasteiger partial charge in [-0.05, 0) is 0 Å². The van der Waals surface area contributed by atoms with Gasteiger partial charge in [-0.25, -0.2) is 0 Å². The second-order valence-electron chi connectivity index (χ2n) is 5.68. The zero-order valence-corrected chi connectivity index (χ0v) is 16.8. The van der Waals surface area contributed by atoms with Crippen molar-refractivity contribution in [3.63, 3.8) is 0 Å². The molecule has 0 heterocycles. The molecule has 0 radical (unpaired) electrons. The van der Waals surface area contributed by atoms with Gasteiger partial charge in [0.1, 0.15) is 0 Å². The Morgan fingerprint density at radius 2 is 0.720 bits per heavy atom. The standard InChI is InChI=1S/3C6H9O2.Rh/c3*1-3-6(8)4-5(2)7;/h3*2-4H2,1H3;. The van der Waals surface area contributed by atoms with E-state index >= 15 is 0 Å². The van der Waals surface area contributed by atoms with E-state index < -0.39 is 16.0 Å². The maximum atomic E-state index is 12.0. The molecule has 0 rings (SSSR count). The summed E-state index contributed by atoms with van der Waals surface area (Å²) < 4.78 is 0. The van der Waals surface area contributed by atoms with Crippen molar-refractivity contribution >= 4 is 34.7 Å². The third-order valence-corrected chi connectivity index (χ3v) is 7.66. The summed E-state index contributed by atoms with van der Waals surface area (Å²) in [6.07, 6.45) is 0.270. The van der Waals surface area contributed by atoms with Crippen molar-refractivity contribution in [3.8, 4) is 0 Å². The Morgan fingerprint density at radius 1 is 0.480 bits per heavy atom. The Kier molecular flexibility index (Phi) is 12.2. The fourth-order valence-corrected chi connectivity index (χ4v) is 5.81. The van der Waals surface area contributed by atoms with Crippen LogP contribution >= 0.6 is 0 Å². The van der Waals surface area contributed by atoms with Crippen molar-refractivity contribution in [2.75, 3.05) is 0 Å². The average Bonchev–Trinajstić information content (AvgIpc) is 2.53. The third-order valence-electron chi connectivity index (χ3n) is 3.26. The van der Waals surface area contributed by atoms with E-state index in [1.54, 1.807) is 20.8 Å². The molecule has 0 saturated carbocycles. The van der Waals surface area contributed by atoms with E-state index in [1.165, 1.54) is 0 Å². The van der Waals surface area contributed by atoms with Gasteiger partial charge in [0.2, 0.25) is 0 Å². The number of rotatable bonds is 15. The molecular weight excluding hydrogens is 415 g/mol. The molecule has 0 aliphatic carbocycles. The Hall–Kier alpha value is -1.36. The topological polar surface area (TPSA) is 102 Å². The molecule has 0 aromatic heterocycles. The number of hydrogen-bond acceptors (Lipinski definition) is 6. The minimum absolute atomic E-state index is 0.0644. The molecule has 0 N–H and O–H groups in total. The molecule has 0 atom stereocenters. The van der Waals surface area contributed by atoms with Gasteiger partial charge >= 0.3 is 154 Å². The second kappa shape index (κ2) is 12.9. The second-order valence-corrected chi connectivity index (χ2v) is 9.87. The summed E-state index contributed by atoms with van der Waals surface area (Å²) in [4.78, 5) is 70.2. The summed E-state index contributed by atoms with van der Waals surface area (Å²) >= 11 is -2.02. The van der Waals surface area contributed by atoms with Gasteiger partial charge in [0.15, 0.2) is 0 Å².